The maximum Gasteiger partial charge on any atom is 0.301 e. The van der Waals surface area contributed by atoms with Gasteiger partial charge >= 0.3 is 5.91 Å². The molecule has 176 valence electrons. The highest BCUT2D eigenvalue weighted by molar-refractivity contribution is 7.22. The SMILES string of the molecule is COc1ccc(C)cc1/C(O)=C1\C(=O)C(=O)N(c2nc3cc(Cl)c(F)cc3s2)C1c1ccncc1. The monoisotopic (exact) mass is 509 g/mol. The van der Waals surface area contributed by atoms with Gasteiger partial charge in [0.25, 0.3) is 5.78 Å². The third-order valence-corrected chi connectivity index (χ3v) is 7.01. The minimum atomic E-state index is -0.996. The van der Waals surface area contributed by atoms with Gasteiger partial charge in [-0.1, -0.05) is 34.6 Å². The number of pyridine rings is 1. The Kier molecular flexibility index (Phi) is 5.74. The van der Waals surface area contributed by atoms with E-state index >= 15 is 0 Å². The quantitative estimate of drug-likeness (QED) is 0.224. The molecule has 3 heterocycles. The van der Waals surface area contributed by atoms with Crippen LogP contribution in [-0.2, 0) is 9.59 Å². The fourth-order valence-electron chi connectivity index (χ4n) is 4.06. The lowest BCUT2D eigenvalue weighted by molar-refractivity contribution is -0.132. The zero-order valence-electron chi connectivity index (χ0n) is 18.5. The van der Waals surface area contributed by atoms with Gasteiger partial charge in [0.2, 0.25) is 0 Å². The molecule has 5 rings (SSSR count). The number of ketones is 1. The van der Waals surface area contributed by atoms with Gasteiger partial charge in [-0.15, -0.1) is 0 Å². The first-order valence-corrected chi connectivity index (χ1v) is 11.6. The number of aliphatic hydroxyl groups is 1. The van der Waals surface area contributed by atoms with Crippen LogP contribution in [0.1, 0.15) is 22.7 Å². The second-order valence-electron chi connectivity index (χ2n) is 7.88. The molecule has 0 spiro atoms. The second-order valence-corrected chi connectivity index (χ2v) is 9.30. The van der Waals surface area contributed by atoms with E-state index in [4.69, 9.17) is 16.3 Å². The van der Waals surface area contributed by atoms with Crippen molar-refractivity contribution in [3.63, 3.8) is 0 Å². The molecule has 35 heavy (non-hydrogen) atoms. The van der Waals surface area contributed by atoms with E-state index in [1.807, 2.05) is 6.92 Å². The maximum atomic E-state index is 14.0. The normalized spacial score (nSPS) is 17.4. The average molecular weight is 510 g/mol. The summed E-state index contributed by atoms with van der Waals surface area (Å²) in [7, 11) is 1.45. The second kappa shape index (κ2) is 8.75. The molecule has 0 bridgehead atoms. The van der Waals surface area contributed by atoms with Crippen molar-refractivity contribution in [2.45, 2.75) is 13.0 Å². The van der Waals surface area contributed by atoms with Crippen LogP contribution in [0, 0.1) is 12.7 Å². The van der Waals surface area contributed by atoms with Crippen molar-refractivity contribution in [3.05, 3.63) is 88.0 Å². The number of methoxy groups -OCH3 is 1. The van der Waals surface area contributed by atoms with Crippen molar-refractivity contribution in [1.82, 2.24) is 9.97 Å². The number of anilines is 1. The van der Waals surface area contributed by atoms with Gasteiger partial charge in [-0.2, -0.15) is 0 Å². The molecule has 0 aliphatic carbocycles. The van der Waals surface area contributed by atoms with Crippen LogP contribution in [0.2, 0.25) is 5.02 Å². The lowest BCUT2D eigenvalue weighted by Gasteiger charge is -2.23. The molecule has 10 heteroatoms. The molecule has 2 aromatic carbocycles. The van der Waals surface area contributed by atoms with E-state index in [1.165, 1.54) is 36.5 Å². The first-order chi connectivity index (χ1) is 16.8. The van der Waals surface area contributed by atoms with Gasteiger partial charge in [-0.3, -0.25) is 19.5 Å². The summed E-state index contributed by atoms with van der Waals surface area (Å²) in [6.45, 7) is 1.83. The molecule has 4 aromatic rings. The molecule has 0 saturated carbocycles. The Labute approximate surface area is 208 Å². The number of fused-ring (bicyclic) bond motifs is 1. The summed E-state index contributed by atoms with van der Waals surface area (Å²) in [6.07, 6.45) is 3.05. The smallest absolute Gasteiger partial charge is 0.301 e. The highest BCUT2D eigenvalue weighted by Crippen LogP contribution is 2.45. The number of thiazole rings is 1. The molecule has 1 N–H and O–H groups in total. The van der Waals surface area contributed by atoms with Crippen LogP contribution in [0.25, 0.3) is 16.0 Å². The van der Waals surface area contributed by atoms with Crippen LogP contribution in [0.15, 0.2) is 60.4 Å². The molecule has 1 aliphatic heterocycles. The van der Waals surface area contributed by atoms with Crippen molar-refractivity contribution in [2.24, 2.45) is 0 Å². The standard InChI is InChI=1S/C25H17ClFN3O4S/c1-12-3-4-18(34-2)14(9-12)22(31)20-21(13-5-7-28-8-6-13)30(24(33)23(20)32)25-29-17-10-15(26)16(27)11-19(17)35-25/h3-11,21,31H,1-2H3/b22-20+. The number of benzene rings is 2. The molecule has 2 aromatic heterocycles. The Morgan fingerprint density at radius 1 is 1.17 bits per heavy atom. The first-order valence-electron chi connectivity index (χ1n) is 10.4. The number of Topliss-reactive ketones (excluding diaryl/α,β-unsaturated/α-hetero) is 1. The van der Waals surface area contributed by atoms with Crippen LogP contribution in [-0.4, -0.2) is 33.9 Å². The third kappa shape index (κ3) is 3.82. The molecular weight excluding hydrogens is 493 g/mol. The molecule has 1 saturated heterocycles. The number of amides is 1. The summed E-state index contributed by atoms with van der Waals surface area (Å²) in [4.78, 5) is 36.3. The van der Waals surface area contributed by atoms with Gasteiger partial charge in [0, 0.05) is 12.4 Å². The Morgan fingerprint density at radius 3 is 2.63 bits per heavy atom. The number of ether oxygens (including phenoxy) is 1. The van der Waals surface area contributed by atoms with E-state index < -0.39 is 23.5 Å². The summed E-state index contributed by atoms with van der Waals surface area (Å²) in [6, 6.07) is 10.0. The number of rotatable bonds is 4. The molecule has 1 unspecified atom stereocenters. The van der Waals surface area contributed by atoms with E-state index in [2.05, 4.69) is 9.97 Å². The summed E-state index contributed by atoms with van der Waals surface area (Å²) in [5.74, 6) is -2.39. The van der Waals surface area contributed by atoms with Gasteiger partial charge in [0.15, 0.2) is 5.13 Å². The number of carbonyl (C=O) groups excluding carboxylic acids is 2. The molecule has 1 fully saturated rings. The number of aliphatic hydroxyl groups excluding tert-OH is 1. The van der Waals surface area contributed by atoms with Crippen LogP contribution in [0.5, 0.6) is 5.75 Å². The topological polar surface area (TPSA) is 92.6 Å². The molecule has 7 nitrogen and oxygen atoms in total. The fourth-order valence-corrected chi connectivity index (χ4v) is 5.21. The Bertz CT molecular complexity index is 1500. The van der Waals surface area contributed by atoms with Crippen LogP contribution >= 0.6 is 22.9 Å². The van der Waals surface area contributed by atoms with Crippen LogP contribution in [0.3, 0.4) is 0 Å². The van der Waals surface area contributed by atoms with Crippen molar-refractivity contribution in [3.8, 4) is 5.75 Å². The largest absolute Gasteiger partial charge is 0.507 e. The fraction of sp³-hybridized carbons (Fsp3) is 0.120. The molecule has 1 aliphatic rings. The molecule has 1 amide bonds. The average Bonchev–Trinajstić information content (AvgIpc) is 3.37. The Hall–Kier alpha value is -3.82. The molecular formula is C25H17ClFN3O4S. The number of hydrogen-bond acceptors (Lipinski definition) is 7. The summed E-state index contributed by atoms with van der Waals surface area (Å²) < 4.78 is 19.9. The Morgan fingerprint density at radius 2 is 1.91 bits per heavy atom. The summed E-state index contributed by atoms with van der Waals surface area (Å²) in [5, 5.41) is 11.4. The van der Waals surface area contributed by atoms with Crippen molar-refractivity contribution in [1.29, 1.82) is 0 Å². The van der Waals surface area contributed by atoms with Crippen molar-refractivity contribution >= 4 is 55.7 Å². The van der Waals surface area contributed by atoms with Crippen molar-refractivity contribution < 1.29 is 23.8 Å². The predicted molar refractivity (Wildman–Crippen MR) is 131 cm³/mol. The lowest BCUT2D eigenvalue weighted by atomic mass is 9.95. The zero-order valence-corrected chi connectivity index (χ0v) is 20.0. The number of hydrogen-bond donors (Lipinski definition) is 1. The maximum absolute atomic E-state index is 14.0. The highest BCUT2D eigenvalue weighted by atomic mass is 35.5. The molecule has 1 atom stereocenters. The summed E-state index contributed by atoms with van der Waals surface area (Å²) in [5.41, 5.74) is 1.91. The number of aromatic nitrogens is 2. The van der Waals surface area contributed by atoms with Gasteiger partial charge in [0.05, 0.1) is 39.5 Å². The number of aryl methyl sites for hydroxylation is 1. The predicted octanol–water partition coefficient (Wildman–Crippen LogP) is 5.43. The van der Waals surface area contributed by atoms with Gasteiger partial charge in [-0.05, 0) is 48.9 Å². The van der Waals surface area contributed by atoms with E-state index in [0.29, 0.717) is 21.5 Å². The van der Waals surface area contributed by atoms with Gasteiger partial charge < -0.3 is 9.84 Å². The third-order valence-electron chi connectivity index (χ3n) is 5.70. The highest BCUT2D eigenvalue weighted by Gasteiger charge is 2.48. The lowest BCUT2D eigenvalue weighted by Crippen LogP contribution is -2.29. The number of nitrogens with zero attached hydrogens (tertiary/aromatic N) is 3. The van der Waals surface area contributed by atoms with E-state index in [9.17, 15) is 19.1 Å². The van der Waals surface area contributed by atoms with E-state index in [-0.39, 0.29) is 27.0 Å². The number of halogens is 2. The first kappa shape index (κ1) is 22.9. The Balaban J connectivity index is 1.75. The summed E-state index contributed by atoms with van der Waals surface area (Å²) >= 11 is 6.94. The minimum absolute atomic E-state index is 0.103. The van der Waals surface area contributed by atoms with Gasteiger partial charge in [0.1, 0.15) is 17.3 Å². The zero-order chi connectivity index (χ0) is 24.9. The van der Waals surface area contributed by atoms with E-state index in [0.717, 1.165) is 16.9 Å². The van der Waals surface area contributed by atoms with Crippen LogP contribution in [0.4, 0.5) is 9.52 Å². The van der Waals surface area contributed by atoms with Crippen molar-refractivity contribution in [2.75, 3.05) is 12.0 Å². The minimum Gasteiger partial charge on any atom is -0.507 e. The molecule has 0 radical (unpaired) electrons. The van der Waals surface area contributed by atoms with E-state index in [1.54, 1.807) is 30.3 Å². The number of carbonyl (C=O) groups is 2. The van der Waals surface area contributed by atoms with Gasteiger partial charge in [-0.25, -0.2) is 9.37 Å². The van der Waals surface area contributed by atoms with Crippen LogP contribution < -0.4 is 9.64 Å².